The van der Waals surface area contributed by atoms with Gasteiger partial charge in [-0.05, 0) is 30.6 Å². The number of carbonyl (C=O) groups excluding carboxylic acids is 1. The van der Waals surface area contributed by atoms with E-state index in [4.69, 9.17) is 0 Å². The van der Waals surface area contributed by atoms with Crippen LogP contribution in [0.3, 0.4) is 0 Å². The predicted molar refractivity (Wildman–Crippen MR) is 48.9 cm³/mol. The molecule has 0 saturated heterocycles. The van der Waals surface area contributed by atoms with Crippen molar-refractivity contribution in [2.24, 2.45) is 17.3 Å². The molecule has 2 unspecified atom stereocenters. The van der Waals surface area contributed by atoms with E-state index in [0.717, 1.165) is 6.42 Å². The second-order valence-corrected chi connectivity index (χ2v) is 4.80. The molecule has 0 amide bonds. The van der Waals surface area contributed by atoms with Crippen molar-refractivity contribution in [2.75, 3.05) is 0 Å². The lowest BCUT2D eigenvalue weighted by atomic mass is 9.71. The van der Waals surface area contributed by atoms with Crippen LogP contribution in [0, 0.1) is 17.3 Å². The maximum Gasteiger partial charge on any atom is 0.136 e. The van der Waals surface area contributed by atoms with Gasteiger partial charge in [-0.2, -0.15) is 0 Å². The summed E-state index contributed by atoms with van der Waals surface area (Å²) in [6.45, 7) is 4.58. The molecule has 12 heavy (non-hydrogen) atoms. The highest BCUT2D eigenvalue weighted by molar-refractivity contribution is 5.84. The van der Waals surface area contributed by atoms with Crippen LogP contribution in [0.2, 0.25) is 0 Å². The van der Waals surface area contributed by atoms with Crippen LogP contribution in [0.4, 0.5) is 0 Å². The Bertz CT molecular complexity index is 207. The first-order valence-electron chi connectivity index (χ1n) is 5.19. The van der Waals surface area contributed by atoms with Gasteiger partial charge in [-0.15, -0.1) is 0 Å². The van der Waals surface area contributed by atoms with Crippen LogP contribution < -0.4 is 0 Å². The van der Waals surface area contributed by atoms with E-state index in [0.29, 0.717) is 23.0 Å². The Morgan fingerprint density at radius 3 is 2.75 bits per heavy atom. The molecule has 1 nitrogen and oxygen atoms in total. The Hall–Kier alpha value is -0.330. The molecule has 0 aliphatic heterocycles. The number of fused-ring (bicyclic) bond motifs is 1. The fourth-order valence-corrected chi connectivity index (χ4v) is 3.39. The number of rotatable bonds is 1. The lowest BCUT2D eigenvalue weighted by Gasteiger charge is -2.32. The van der Waals surface area contributed by atoms with Crippen molar-refractivity contribution in [2.45, 2.75) is 46.0 Å². The van der Waals surface area contributed by atoms with Gasteiger partial charge in [0, 0.05) is 12.3 Å². The van der Waals surface area contributed by atoms with Gasteiger partial charge in [0.1, 0.15) is 5.78 Å². The van der Waals surface area contributed by atoms with Crippen molar-refractivity contribution in [1.29, 1.82) is 0 Å². The van der Waals surface area contributed by atoms with Gasteiger partial charge in [-0.1, -0.05) is 20.3 Å². The van der Waals surface area contributed by atoms with E-state index in [2.05, 4.69) is 13.8 Å². The van der Waals surface area contributed by atoms with E-state index in [1.54, 1.807) is 0 Å². The zero-order valence-corrected chi connectivity index (χ0v) is 8.10. The van der Waals surface area contributed by atoms with Crippen molar-refractivity contribution in [3.63, 3.8) is 0 Å². The van der Waals surface area contributed by atoms with E-state index >= 15 is 0 Å². The average molecular weight is 166 g/mol. The first-order valence-corrected chi connectivity index (χ1v) is 5.19. The standard InChI is InChI=1S/C11H18O/c1-8(2)11-6-3-4-9(11)10(12)5-7-11/h8-9H,3-7H2,1-2H3. The summed E-state index contributed by atoms with van der Waals surface area (Å²) < 4.78 is 0. The van der Waals surface area contributed by atoms with Crippen LogP contribution in [0.1, 0.15) is 46.0 Å². The molecule has 0 heterocycles. The zero-order chi connectivity index (χ0) is 8.77. The van der Waals surface area contributed by atoms with E-state index in [1.165, 1.54) is 25.7 Å². The number of hydrogen-bond acceptors (Lipinski definition) is 1. The van der Waals surface area contributed by atoms with Gasteiger partial charge in [0.15, 0.2) is 0 Å². The van der Waals surface area contributed by atoms with Crippen LogP contribution in [-0.4, -0.2) is 5.78 Å². The maximum absolute atomic E-state index is 11.6. The summed E-state index contributed by atoms with van der Waals surface area (Å²) in [5, 5.41) is 0. The van der Waals surface area contributed by atoms with Crippen molar-refractivity contribution in [3.05, 3.63) is 0 Å². The first kappa shape index (κ1) is 8.28. The second kappa shape index (κ2) is 2.58. The van der Waals surface area contributed by atoms with E-state index in [1.807, 2.05) is 0 Å². The van der Waals surface area contributed by atoms with Gasteiger partial charge in [0.05, 0.1) is 0 Å². The molecule has 2 aliphatic carbocycles. The fraction of sp³-hybridized carbons (Fsp3) is 0.909. The smallest absolute Gasteiger partial charge is 0.136 e. The zero-order valence-electron chi connectivity index (χ0n) is 8.10. The highest BCUT2D eigenvalue weighted by atomic mass is 16.1. The Labute approximate surface area is 74.5 Å². The van der Waals surface area contributed by atoms with Crippen LogP contribution >= 0.6 is 0 Å². The van der Waals surface area contributed by atoms with E-state index in [-0.39, 0.29) is 0 Å². The summed E-state index contributed by atoms with van der Waals surface area (Å²) in [6, 6.07) is 0. The van der Waals surface area contributed by atoms with Crippen LogP contribution in [0.15, 0.2) is 0 Å². The summed E-state index contributed by atoms with van der Waals surface area (Å²) in [7, 11) is 0. The average Bonchev–Trinajstić information content (AvgIpc) is 2.53. The van der Waals surface area contributed by atoms with Gasteiger partial charge in [0.25, 0.3) is 0 Å². The molecule has 0 aromatic heterocycles. The number of hydrogen-bond donors (Lipinski definition) is 0. The quantitative estimate of drug-likeness (QED) is 0.585. The minimum absolute atomic E-state index is 0.428. The Morgan fingerprint density at radius 1 is 1.42 bits per heavy atom. The second-order valence-electron chi connectivity index (χ2n) is 4.80. The molecule has 0 bridgehead atoms. The minimum atomic E-state index is 0.428. The summed E-state index contributed by atoms with van der Waals surface area (Å²) >= 11 is 0. The molecule has 2 atom stereocenters. The van der Waals surface area contributed by atoms with Crippen LogP contribution in [-0.2, 0) is 4.79 Å². The fourth-order valence-electron chi connectivity index (χ4n) is 3.39. The molecule has 0 aromatic rings. The van der Waals surface area contributed by atoms with Crippen molar-refractivity contribution >= 4 is 5.78 Å². The highest BCUT2D eigenvalue weighted by Crippen LogP contribution is 2.56. The number of carbonyl (C=O) groups is 1. The molecular weight excluding hydrogens is 148 g/mol. The molecule has 2 aliphatic rings. The molecule has 2 saturated carbocycles. The van der Waals surface area contributed by atoms with Crippen molar-refractivity contribution in [1.82, 2.24) is 0 Å². The normalized spacial score (nSPS) is 40.9. The number of Topliss-reactive ketones (excluding diaryl/α,β-unsaturated/α-hetero) is 1. The molecule has 0 N–H and O–H groups in total. The molecule has 1 heteroatoms. The molecule has 68 valence electrons. The minimum Gasteiger partial charge on any atom is -0.299 e. The van der Waals surface area contributed by atoms with Gasteiger partial charge in [0.2, 0.25) is 0 Å². The van der Waals surface area contributed by atoms with Crippen LogP contribution in [0.25, 0.3) is 0 Å². The summed E-state index contributed by atoms with van der Waals surface area (Å²) in [5.41, 5.74) is 0.428. The Balaban J connectivity index is 2.28. The lowest BCUT2D eigenvalue weighted by Crippen LogP contribution is -2.28. The Kier molecular flexibility index (Phi) is 1.78. The monoisotopic (exact) mass is 166 g/mol. The molecule has 0 radical (unpaired) electrons. The third-order valence-electron chi connectivity index (χ3n) is 4.20. The van der Waals surface area contributed by atoms with Gasteiger partial charge >= 0.3 is 0 Å². The maximum atomic E-state index is 11.6. The lowest BCUT2D eigenvalue weighted by molar-refractivity contribution is -0.122. The van der Waals surface area contributed by atoms with Crippen molar-refractivity contribution in [3.8, 4) is 0 Å². The summed E-state index contributed by atoms with van der Waals surface area (Å²) in [4.78, 5) is 11.6. The number of ketones is 1. The summed E-state index contributed by atoms with van der Waals surface area (Å²) in [6.07, 6.45) is 5.81. The predicted octanol–water partition coefficient (Wildman–Crippen LogP) is 2.79. The summed E-state index contributed by atoms with van der Waals surface area (Å²) in [5.74, 6) is 1.70. The SMILES string of the molecule is CC(C)C12CCCC1C(=O)CC2. The topological polar surface area (TPSA) is 17.1 Å². The molecule has 0 spiro atoms. The van der Waals surface area contributed by atoms with E-state index < -0.39 is 0 Å². The van der Waals surface area contributed by atoms with Crippen LogP contribution in [0.5, 0.6) is 0 Å². The molecule has 2 rings (SSSR count). The van der Waals surface area contributed by atoms with Gasteiger partial charge in [-0.3, -0.25) is 4.79 Å². The third-order valence-corrected chi connectivity index (χ3v) is 4.20. The Morgan fingerprint density at radius 2 is 2.17 bits per heavy atom. The van der Waals surface area contributed by atoms with Crippen molar-refractivity contribution < 1.29 is 4.79 Å². The molecule has 0 aromatic carbocycles. The molecule has 2 fully saturated rings. The highest BCUT2D eigenvalue weighted by Gasteiger charge is 2.52. The molecular formula is C11H18O. The van der Waals surface area contributed by atoms with Gasteiger partial charge < -0.3 is 0 Å². The first-order chi connectivity index (χ1) is 5.67. The van der Waals surface area contributed by atoms with E-state index in [9.17, 15) is 4.79 Å². The van der Waals surface area contributed by atoms with Gasteiger partial charge in [-0.25, -0.2) is 0 Å². The largest absolute Gasteiger partial charge is 0.299 e. The third kappa shape index (κ3) is 0.884.